The molecule has 0 spiro atoms. The minimum atomic E-state index is -0.944. The zero-order valence-electron chi connectivity index (χ0n) is 17.2. The van der Waals surface area contributed by atoms with E-state index >= 15 is 0 Å². The first-order valence-electron chi connectivity index (χ1n) is 10.1. The Morgan fingerprint density at radius 1 is 1.06 bits per heavy atom. The van der Waals surface area contributed by atoms with Crippen molar-refractivity contribution in [2.45, 2.75) is 13.0 Å². The third-order valence-electron chi connectivity index (χ3n) is 4.97. The average Bonchev–Trinajstić information content (AvgIpc) is 2.79. The number of nitrogen functional groups attached to an aromatic ring is 1. The largest absolute Gasteiger partial charge is 0.481 e. The van der Waals surface area contributed by atoms with Crippen molar-refractivity contribution >= 4 is 34.1 Å². The topological polar surface area (TPSA) is 113 Å². The van der Waals surface area contributed by atoms with Crippen LogP contribution >= 0.6 is 0 Å². The van der Waals surface area contributed by atoms with Crippen LogP contribution in [0.25, 0.3) is 22.2 Å². The molecule has 4 rings (SSSR count). The summed E-state index contributed by atoms with van der Waals surface area (Å²) in [7, 11) is 0. The number of fused-ring (bicyclic) bond motifs is 1. The van der Waals surface area contributed by atoms with E-state index in [9.17, 15) is 9.18 Å². The molecule has 8 heteroatoms. The molecular formula is C24H22FN5O2. The second-order valence-corrected chi connectivity index (χ2v) is 7.28. The number of anilines is 3. The summed E-state index contributed by atoms with van der Waals surface area (Å²) in [5, 5.41) is 15.8. The lowest BCUT2D eigenvalue weighted by Crippen LogP contribution is -2.08. The minimum Gasteiger partial charge on any atom is -0.481 e. The summed E-state index contributed by atoms with van der Waals surface area (Å²) in [6.45, 7) is 0.664. The van der Waals surface area contributed by atoms with E-state index in [0.29, 0.717) is 29.3 Å². The van der Waals surface area contributed by atoms with E-state index in [0.717, 1.165) is 16.5 Å². The molecule has 0 saturated carbocycles. The van der Waals surface area contributed by atoms with E-state index in [1.807, 2.05) is 24.3 Å². The molecule has 0 aliphatic heterocycles. The number of hydrogen-bond acceptors (Lipinski definition) is 6. The fraction of sp³-hybridized carbons (Fsp3) is 0.125. The van der Waals surface area contributed by atoms with E-state index in [-0.39, 0.29) is 18.7 Å². The number of hydrogen-bond donors (Lipinski definition) is 4. The smallest absolute Gasteiger partial charge is 0.305 e. The van der Waals surface area contributed by atoms with Gasteiger partial charge in [0.25, 0.3) is 0 Å². The van der Waals surface area contributed by atoms with Gasteiger partial charge >= 0.3 is 5.97 Å². The van der Waals surface area contributed by atoms with Gasteiger partial charge in [0, 0.05) is 30.2 Å². The van der Waals surface area contributed by atoms with Gasteiger partial charge in [-0.1, -0.05) is 18.2 Å². The Kier molecular flexibility index (Phi) is 6.12. The van der Waals surface area contributed by atoms with Crippen LogP contribution in [-0.2, 0) is 11.3 Å². The molecule has 0 aliphatic carbocycles. The average molecular weight is 431 g/mol. The lowest BCUT2D eigenvalue weighted by atomic mass is 10.1. The highest BCUT2D eigenvalue weighted by molar-refractivity contribution is 5.79. The number of rotatable bonds is 8. The molecule has 0 unspecified atom stereocenters. The van der Waals surface area contributed by atoms with E-state index in [2.05, 4.69) is 26.7 Å². The third-order valence-corrected chi connectivity index (χ3v) is 4.97. The van der Waals surface area contributed by atoms with Gasteiger partial charge in [-0.2, -0.15) is 0 Å². The van der Waals surface area contributed by atoms with Gasteiger partial charge in [0.2, 0.25) is 0 Å². The summed E-state index contributed by atoms with van der Waals surface area (Å²) in [5.41, 5.74) is 9.97. The van der Waals surface area contributed by atoms with Crippen molar-refractivity contribution in [3.63, 3.8) is 0 Å². The summed E-state index contributed by atoms with van der Waals surface area (Å²) >= 11 is 0. The van der Waals surface area contributed by atoms with Gasteiger partial charge in [-0.15, -0.1) is 0 Å². The SMILES string of the molecule is Nc1ccc(-c2ccc(NCCC(=O)O)c(F)c2)nc1NCc1ccc2ncccc2c1. The molecular weight excluding hydrogens is 409 g/mol. The molecule has 0 radical (unpaired) electrons. The van der Waals surface area contributed by atoms with Crippen LogP contribution < -0.4 is 16.4 Å². The Bertz CT molecular complexity index is 1280. The van der Waals surface area contributed by atoms with Gasteiger partial charge in [-0.3, -0.25) is 9.78 Å². The number of nitrogens with zero attached hydrogens (tertiary/aromatic N) is 2. The first kappa shape index (κ1) is 21.0. The summed E-state index contributed by atoms with van der Waals surface area (Å²) in [6, 6.07) is 18.0. The van der Waals surface area contributed by atoms with Crippen molar-refractivity contribution < 1.29 is 14.3 Å². The van der Waals surface area contributed by atoms with Gasteiger partial charge < -0.3 is 21.5 Å². The Morgan fingerprint density at radius 2 is 1.94 bits per heavy atom. The van der Waals surface area contributed by atoms with Crippen LogP contribution in [0.4, 0.5) is 21.6 Å². The highest BCUT2D eigenvalue weighted by Crippen LogP contribution is 2.27. The van der Waals surface area contributed by atoms with Crippen LogP contribution in [0.1, 0.15) is 12.0 Å². The molecule has 32 heavy (non-hydrogen) atoms. The van der Waals surface area contributed by atoms with Gasteiger partial charge in [0.1, 0.15) is 11.6 Å². The normalized spacial score (nSPS) is 10.8. The van der Waals surface area contributed by atoms with Crippen LogP contribution in [0.15, 0.2) is 66.9 Å². The first-order chi connectivity index (χ1) is 15.5. The number of aliphatic carboxylic acids is 1. The molecule has 0 amide bonds. The Hall–Kier alpha value is -4.20. The molecule has 5 N–H and O–H groups in total. The number of carbonyl (C=O) groups is 1. The zero-order chi connectivity index (χ0) is 22.5. The standard InChI is InChI=1S/C24H22FN5O2/c25-18-13-17(4-7-22(18)28-11-9-23(31)32)21-8-5-19(26)24(30-21)29-14-15-3-6-20-16(12-15)2-1-10-27-20/h1-8,10,12-13,28H,9,11,14,26H2,(H,29,30)(H,31,32). The third kappa shape index (κ3) is 4.92. The number of nitrogens with one attached hydrogen (secondary N) is 2. The molecule has 2 aromatic carbocycles. The molecule has 7 nitrogen and oxygen atoms in total. The second-order valence-electron chi connectivity index (χ2n) is 7.28. The Morgan fingerprint density at radius 3 is 2.75 bits per heavy atom. The molecule has 2 heterocycles. The highest BCUT2D eigenvalue weighted by atomic mass is 19.1. The monoisotopic (exact) mass is 431 g/mol. The fourth-order valence-corrected chi connectivity index (χ4v) is 3.32. The first-order valence-corrected chi connectivity index (χ1v) is 10.1. The number of carboxylic acids is 1. The van der Waals surface area contributed by atoms with Gasteiger partial charge in [0.05, 0.1) is 29.0 Å². The van der Waals surface area contributed by atoms with E-state index in [1.54, 1.807) is 30.5 Å². The molecule has 162 valence electrons. The quantitative estimate of drug-likeness (QED) is 0.324. The van der Waals surface area contributed by atoms with Crippen molar-refractivity contribution in [3.8, 4) is 11.3 Å². The van der Waals surface area contributed by atoms with Gasteiger partial charge in [0.15, 0.2) is 0 Å². The number of nitrogens with two attached hydrogens (primary N) is 1. The number of pyridine rings is 2. The summed E-state index contributed by atoms with van der Waals surface area (Å²) in [6.07, 6.45) is 1.67. The van der Waals surface area contributed by atoms with Crippen LogP contribution in [-0.4, -0.2) is 27.6 Å². The molecule has 4 aromatic rings. The van der Waals surface area contributed by atoms with Crippen LogP contribution in [0.5, 0.6) is 0 Å². The van der Waals surface area contributed by atoms with Crippen LogP contribution in [0.3, 0.4) is 0 Å². The summed E-state index contributed by atoms with van der Waals surface area (Å²) in [4.78, 5) is 19.5. The van der Waals surface area contributed by atoms with Crippen molar-refractivity contribution in [2.75, 3.05) is 22.9 Å². The second kappa shape index (κ2) is 9.30. The molecule has 0 fully saturated rings. The molecule has 0 aliphatic rings. The lowest BCUT2D eigenvalue weighted by Gasteiger charge is -2.12. The molecule has 0 bridgehead atoms. The number of carboxylic acid groups (broad SMARTS) is 1. The van der Waals surface area contributed by atoms with Crippen LogP contribution in [0, 0.1) is 5.82 Å². The molecule has 0 atom stereocenters. The number of benzene rings is 2. The highest BCUT2D eigenvalue weighted by Gasteiger charge is 2.09. The number of halogens is 1. The van der Waals surface area contributed by atoms with E-state index in [4.69, 9.17) is 10.8 Å². The van der Waals surface area contributed by atoms with Gasteiger partial charge in [-0.25, -0.2) is 9.37 Å². The van der Waals surface area contributed by atoms with Crippen molar-refractivity contribution in [2.24, 2.45) is 0 Å². The van der Waals surface area contributed by atoms with Crippen molar-refractivity contribution in [1.82, 2.24) is 9.97 Å². The zero-order valence-corrected chi connectivity index (χ0v) is 17.2. The minimum absolute atomic E-state index is 0.0938. The Balaban J connectivity index is 1.49. The lowest BCUT2D eigenvalue weighted by molar-refractivity contribution is -0.136. The molecule has 0 saturated heterocycles. The van der Waals surface area contributed by atoms with Crippen molar-refractivity contribution in [3.05, 3.63) is 78.2 Å². The molecule has 2 aromatic heterocycles. The Labute approximate surface area is 184 Å². The summed E-state index contributed by atoms with van der Waals surface area (Å²) < 4.78 is 14.5. The maximum absolute atomic E-state index is 14.5. The van der Waals surface area contributed by atoms with E-state index in [1.165, 1.54) is 6.07 Å². The fourth-order valence-electron chi connectivity index (χ4n) is 3.32. The maximum atomic E-state index is 14.5. The number of aromatic nitrogens is 2. The maximum Gasteiger partial charge on any atom is 0.305 e. The summed E-state index contributed by atoms with van der Waals surface area (Å²) in [5.74, 6) is -0.912. The van der Waals surface area contributed by atoms with E-state index < -0.39 is 11.8 Å². The predicted molar refractivity (Wildman–Crippen MR) is 124 cm³/mol. The predicted octanol–water partition coefficient (Wildman–Crippen LogP) is 4.52. The van der Waals surface area contributed by atoms with Gasteiger partial charge in [-0.05, 0) is 48.0 Å². The van der Waals surface area contributed by atoms with Crippen LogP contribution in [0.2, 0.25) is 0 Å². The van der Waals surface area contributed by atoms with Crippen molar-refractivity contribution in [1.29, 1.82) is 0 Å².